The highest BCUT2D eigenvalue weighted by Crippen LogP contribution is 2.30. The molecule has 1 aliphatic carbocycles. The molecular weight excluding hydrogens is 236 g/mol. The van der Waals surface area contributed by atoms with Crippen LogP contribution >= 0.6 is 0 Å². The molecule has 1 fully saturated rings. The Morgan fingerprint density at radius 3 is 2.21 bits per heavy atom. The van der Waals surface area contributed by atoms with Crippen LogP contribution in [0, 0.1) is 0 Å². The zero-order chi connectivity index (χ0) is 14.0. The number of nitrogens with two attached hydrogens (primary N) is 1. The fourth-order valence-corrected chi connectivity index (χ4v) is 2.75. The minimum Gasteiger partial charge on any atom is -0.317 e. The average molecular weight is 260 g/mol. The third kappa shape index (κ3) is 2.81. The van der Waals surface area contributed by atoms with Gasteiger partial charge < -0.3 is 10.6 Å². The van der Waals surface area contributed by atoms with Gasteiger partial charge >= 0.3 is 0 Å². The van der Waals surface area contributed by atoms with Crippen LogP contribution in [-0.2, 0) is 4.79 Å². The molecule has 0 atom stereocenters. The van der Waals surface area contributed by atoms with E-state index in [1.165, 1.54) is 5.56 Å². The second-order valence-electron chi connectivity index (χ2n) is 5.97. The van der Waals surface area contributed by atoms with Gasteiger partial charge in [-0.1, -0.05) is 38.8 Å². The van der Waals surface area contributed by atoms with Crippen molar-refractivity contribution in [2.45, 2.75) is 51.0 Å². The van der Waals surface area contributed by atoms with E-state index in [1.54, 1.807) is 4.90 Å². The molecule has 1 aromatic rings. The number of benzene rings is 1. The Labute approximate surface area is 115 Å². The van der Waals surface area contributed by atoms with Gasteiger partial charge in [0.1, 0.15) is 0 Å². The standard InChI is InChI=1S/C16H24N2O/c1-12(2)13-6-8-14(9-7-13)18(3)15(19)16(17)10-4-5-11-16/h6-9,12H,4-5,10-11,17H2,1-3H3. The van der Waals surface area contributed by atoms with Crippen LogP contribution in [0.3, 0.4) is 0 Å². The van der Waals surface area contributed by atoms with Crippen molar-refractivity contribution in [2.24, 2.45) is 5.73 Å². The van der Waals surface area contributed by atoms with Crippen molar-refractivity contribution in [1.82, 2.24) is 0 Å². The number of hydrogen-bond donors (Lipinski definition) is 1. The molecular formula is C16H24N2O. The molecule has 0 spiro atoms. The monoisotopic (exact) mass is 260 g/mol. The molecule has 0 radical (unpaired) electrons. The molecule has 0 aliphatic heterocycles. The summed E-state index contributed by atoms with van der Waals surface area (Å²) in [7, 11) is 1.82. The molecule has 3 heteroatoms. The fourth-order valence-electron chi connectivity index (χ4n) is 2.75. The van der Waals surface area contributed by atoms with Crippen molar-refractivity contribution < 1.29 is 4.79 Å². The van der Waals surface area contributed by atoms with Crippen molar-refractivity contribution >= 4 is 11.6 Å². The van der Waals surface area contributed by atoms with Crippen LogP contribution in [0.5, 0.6) is 0 Å². The van der Waals surface area contributed by atoms with E-state index in [1.807, 2.05) is 19.2 Å². The Morgan fingerprint density at radius 1 is 1.21 bits per heavy atom. The van der Waals surface area contributed by atoms with Gasteiger partial charge in [0, 0.05) is 12.7 Å². The molecule has 0 bridgehead atoms. The fraction of sp³-hybridized carbons (Fsp3) is 0.562. The number of rotatable bonds is 3. The minimum absolute atomic E-state index is 0.0438. The first-order chi connectivity index (χ1) is 8.94. The maximum absolute atomic E-state index is 12.5. The maximum atomic E-state index is 12.5. The number of likely N-dealkylation sites (N-methyl/N-ethyl adjacent to an activating group) is 1. The van der Waals surface area contributed by atoms with E-state index in [2.05, 4.69) is 26.0 Å². The van der Waals surface area contributed by atoms with Crippen LogP contribution < -0.4 is 10.6 Å². The Balaban J connectivity index is 2.14. The summed E-state index contributed by atoms with van der Waals surface area (Å²) in [6.45, 7) is 4.33. The lowest BCUT2D eigenvalue weighted by Crippen LogP contribution is -2.52. The second kappa shape index (κ2) is 5.33. The summed E-state index contributed by atoms with van der Waals surface area (Å²) in [6.07, 6.45) is 3.73. The van der Waals surface area contributed by atoms with E-state index in [-0.39, 0.29) is 5.91 Å². The number of nitrogens with zero attached hydrogens (tertiary/aromatic N) is 1. The van der Waals surface area contributed by atoms with Gasteiger partial charge in [0.25, 0.3) is 0 Å². The number of amides is 1. The van der Waals surface area contributed by atoms with E-state index in [4.69, 9.17) is 5.73 Å². The molecule has 0 aromatic heterocycles. The number of anilines is 1. The molecule has 1 saturated carbocycles. The molecule has 19 heavy (non-hydrogen) atoms. The molecule has 1 aromatic carbocycles. The number of carbonyl (C=O) groups excluding carboxylic acids is 1. The van der Waals surface area contributed by atoms with E-state index in [0.717, 1.165) is 31.4 Å². The predicted molar refractivity (Wildman–Crippen MR) is 79.3 cm³/mol. The van der Waals surface area contributed by atoms with Crippen molar-refractivity contribution in [1.29, 1.82) is 0 Å². The highest BCUT2D eigenvalue weighted by atomic mass is 16.2. The van der Waals surface area contributed by atoms with E-state index >= 15 is 0 Å². The van der Waals surface area contributed by atoms with E-state index in [0.29, 0.717) is 5.92 Å². The lowest BCUT2D eigenvalue weighted by molar-refractivity contribution is -0.123. The van der Waals surface area contributed by atoms with Gasteiger partial charge in [-0.2, -0.15) is 0 Å². The van der Waals surface area contributed by atoms with Crippen molar-refractivity contribution in [3.8, 4) is 0 Å². The summed E-state index contributed by atoms with van der Waals surface area (Å²) in [4.78, 5) is 14.2. The zero-order valence-corrected chi connectivity index (χ0v) is 12.1. The quantitative estimate of drug-likeness (QED) is 0.908. The third-order valence-corrected chi connectivity index (χ3v) is 4.17. The van der Waals surface area contributed by atoms with E-state index in [9.17, 15) is 4.79 Å². The zero-order valence-electron chi connectivity index (χ0n) is 12.1. The van der Waals surface area contributed by atoms with Crippen molar-refractivity contribution in [3.63, 3.8) is 0 Å². The lowest BCUT2D eigenvalue weighted by atomic mass is 9.97. The summed E-state index contributed by atoms with van der Waals surface area (Å²) < 4.78 is 0. The SMILES string of the molecule is CC(C)c1ccc(N(C)C(=O)C2(N)CCCC2)cc1. The third-order valence-electron chi connectivity index (χ3n) is 4.17. The van der Waals surface area contributed by atoms with Crippen LogP contribution in [0.1, 0.15) is 51.0 Å². The van der Waals surface area contributed by atoms with Crippen LogP contribution in [0.25, 0.3) is 0 Å². The molecule has 104 valence electrons. The molecule has 0 heterocycles. The smallest absolute Gasteiger partial charge is 0.246 e. The summed E-state index contributed by atoms with van der Waals surface area (Å²) in [6, 6.07) is 8.18. The van der Waals surface area contributed by atoms with Gasteiger partial charge in [0.2, 0.25) is 5.91 Å². The maximum Gasteiger partial charge on any atom is 0.246 e. The summed E-state index contributed by atoms with van der Waals surface area (Å²) in [5.41, 5.74) is 7.79. The largest absolute Gasteiger partial charge is 0.317 e. The van der Waals surface area contributed by atoms with E-state index < -0.39 is 5.54 Å². The lowest BCUT2D eigenvalue weighted by Gasteiger charge is -2.29. The Hall–Kier alpha value is -1.35. The van der Waals surface area contributed by atoms with Crippen molar-refractivity contribution in [3.05, 3.63) is 29.8 Å². The highest BCUT2D eigenvalue weighted by Gasteiger charge is 2.39. The Kier molecular flexibility index (Phi) is 3.95. The average Bonchev–Trinajstić information content (AvgIpc) is 2.85. The molecule has 1 aliphatic rings. The van der Waals surface area contributed by atoms with Crippen LogP contribution in [0.2, 0.25) is 0 Å². The minimum atomic E-state index is -0.647. The number of carbonyl (C=O) groups is 1. The molecule has 3 nitrogen and oxygen atoms in total. The summed E-state index contributed by atoms with van der Waals surface area (Å²) >= 11 is 0. The molecule has 2 N–H and O–H groups in total. The summed E-state index contributed by atoms with van der Waals surface area (Å²) in [5.74, 6) is 0.549. The van der Waals surface area contributed by atoms with Gasteiger partial charge in [0.05, 0.1) is 5.54 Å². The van der Waals surface area contributed by atoms with Gasteiger partial charge in [-0.25, -0.2) is 0 Å². The molecule has 0 unspecified atom stereocenters. The number of hydrogen-bond acceptors (Lipinski definition) is 2. The van der Waals surface area contributed by atoms with Gasteiger partial charge in [-0.15, -0.1) is 0 Å². The Morgan fingerprint density at radius 2 is 1.74 bits per heavy atom. The van der Waals surface area contributed by atoms with Gasteiger partial charge in [-0.05, 0) is 36.5 Å². The second-order valence-corrected chi connectivity index (χ2v) is 5.97. The topological polar surface area (TPSA) is 46.3 Å². The normalized spacial score (nSPS) is 17.7. The molecule has 1 amide bonds. The predicted octanol–water partition coefficient (Wildman–Crippen LogP) is 3.04. The highest BCUT2D eigenvalue weighted by molar-refractivity contribution is 5.99. The first-order valence-electron chi connectivity index (χ1n) is 7.11. The first-order valence-corrected chi connectivity index (χ1v) is 7.11. The van der Waals surface area contributed by atoms with Crippen LogP contribution in [0.4, 0.5) is 5.69 Å². The van der Waals surface area contributed by atoms with Gasteiger partial charge in [-0.3, -0.25) is 4.79 Å². The molecule has 0 saturated heterocycles. The summed E-state index contributed by atoms with van der Waals surface area (Å²) in [5, 5.41) is 0. The van der Waals surface area contributed by atoms with Crippen LogP contribution in [0.15, 0.2) is 24.3 Å². The van der Waals surface area contributed by atoms with Gasteiger partial charge in [0.15, 0.2) is 0 Å². The molecule has 2 rings (SSSR count). The first kappa shape index (κ1) is 14.1. The Bertz CT molecular complexity index is 444. The van der Waals surface area contributed by atoms with Crippen molar-refractivity contribution in [2.75, 3.05) is 11.9 Å². The van der Waals surface area contributed by atoms with Crippen LogP contribution in [-0.4, -0.2) is 18.5 Å².